The Morgan fingerprint density at radius 1 is 0.526 bits per heavy atom. The fourth-order valence-corrected chi connectivity index (χ4v) is 10.8. The Labute approximate surface area is 337 Å². The number of nitrogens with two attached hydrogens (primary N) is 1. The molecule has 0 bridgehead atoms. The van der Waals surface area contributed by atoms with Crippen molar-refractivity contribution in [1.82, 2.24) is 0 Å². The predicted molar refractivity (Wildman–Crippen MR) is 245 cm³/mol. The van der Waals surface area contributed by atoms with Gasteiger partial charge in [0, 0.05) is 48.6 Å². The third kappa shape index (κ3) is 5.02. The monoisotopic (exact) mass is 748 g/mol. The Morgan fingerprint density at radius 2 is 1.18 bits per heavy atom. The summed E-state index contributed by atoms with van der Waals surface area (Å²) in [7, 11) is 0. The van der Waals surface area contributed by atoms with E-state index in [9.17, 15) is 0 Å². The predicted octanol–water partition coefficient (Wildman–Crippen LogP) is 14.9. The van der Waals surface area contributed by atoms with Crippen LogP contribution in [0, 0.1) is 0 Å². The quantitative estimate of drug-likeness (QED) is 0.195. The molecule has 0 saturated carbocycles. The van der Waals surface area contributed by atoms with Crippen molar-refractivity contribution in [2.24, 2.45) is 5.73 Å². The number of hydrogen-bond acceptors (Lipinski definition) is 3. The minimum absolute atomic E-state index is 0.110. The van der Waals surface area contributed by atoms with E-state index in [1.165, 1.54) is 81.0 Å². The standard InChI is InChI=1S/C54H40N2S/c1-4-39-45-18-11-13-33-14-12-19-46(53(33)45)42-16-6-9-21-49(42)56(50(39)32-55)38-28-36(34-23-25-41-40-15-5-8-20-47(40)54(2,3)48(41)30-34)27-37(29-38)35-24-26-44-43-17-7-10-22-51(43)57-52(44)31-35/h4-32H,55H2,1-3H3/b39-4?,50-32+. The maximum absolute atomic E-state index is 6.81. The van der Waals surface area contributed by atoms with Gasteiger partial charge < -0.3 is 10.6 Å². The molecule has 3 heteroatoms. The van der Waals surface area contributed by atoms with Crippen LogP contribution in [0.3, 0.4) is 0 Å². The fourth-order valence-electron chi connectivity index (χ4n) is 9.68. The number of allylic oxidation sites excluding steroid dienone is 2. The average molecular weight is 749 g/mol. The van der Waals surface area contributed by atoms with Crippen molar-refractivity contribution in [2.45, 2.75) is 26.2 Å². The van der Waals surface area contributed by atoms with Crippen molar-refractivity contribution in [3.63, 3.8) is 0 Å². The number of anilines is 2. The first-order valence-corrected chi connectivity index (χ1v) is 20.6. The van der Waals surface area contributed by atoms with Crippen LogP contribution in [0.1, 0.15) is 37.5 Å². The molecule has 2 heterocycles. The van der Waals surface area contributed by atoms with Gasteiger partial charge in [0.05, 0.1) is 11.4 Å². The second-order valence-electron chi connectivity index (χ2n) is 15.8. The Hall–Kier alpha value is -6.68. The lowest BCUT2D eigenvalue weighted by Crippen LogP contribution is -2.21. The molecule has 1 aliphatic carbocycles. The Kier molecular flexibility index (Phi) is 7.48. The number of hydrogen-bond donors (Lipinski definition) is 1. The third-order valence-corrected chi connectivity index (χ3v) is 13.5. The molecular formula is C54H40N2S. The van der Waals surface area contributed by atoms with E-state index in [1.54, 1.807) is 6.20 Å². The van der Waals surface area contributed by atoms with Crippen molar-refractivity contribution in [2.75, 3.05) is 4.90 Å². The molecule has 0 radical (unpaired) electrons. The molecule has 1 aliphatic heterocycles. The molecule has 0 fully saturated rings. The molecule has 0 saturated heterocycles. The van der Waals surface area contributed by atoms with Gasteiger partial charge in [-0.1, -0.05) is 141 Å². The first-order chi connectivity index (χ1) is 27.9. The minimum atomic E-state index is -0.110. The summed E-state index contributed by atoms with van der Waals surface area (Å²) in [5, 5.41) is 5.07. The van der Waals surface area contributed by atoms with Gasteiger partial charge >= 0.3 is 0 Å². The lowest BCUT2D eigenvalue weighted by Gasteiger charge is -2.34. The summed E-state index contributed by atoms with van der Waals surface area (Å²) in [6.07, 6.45) is 4.01. The molecule has 0 amide bonds. The highest BCUT2D eigenvalue weighted by atomic mass is 32.1. The van der Waals surface area contributed by atoms with E-state index in [0.29, 0.717) is 0 Å². The number of thiophene rings is 1. The van der Waals surface area contributed by atoms with E-state index in [-0.39, 0.29) is 5.41 Å². The smallest absolute Gasteiger partial charge is 0.0691 e. The highest BCUT2D eigenvalue weighted by molar-refractivity contribution is 7.25. The van der Waals surface area contributed by atoms with Crippen LogP contribution in [0.25, 0.3) is 81.0 Å². The lowest BCUT2D eigenvalue weighted by atomic mass is 9.81. The highest BCUT2D eigenvalue weighted by Crippen LogP contribution is 2.52. The van der Waals surface area contributed by atoms with Crippen LogP contribution < -0.4 is 10.6 Å². The first-order valence-electron chi connectivity index (χ1n) is 19.7. The zero-order valence-electron chi connectivity index (χ0n) is 32.2. The number of fused-ring (bicyclic) bond motifs is 8. The molecular weight excluding hydrogens is 709 g/mol. The summed E-state index contributed by atoms with van der Waals surface area (Å²) in [4.78, 5) is 2.39. The van der Waals surface area contributed by atoms with Crippen molar-refractivity contribution in [3.8, 4) is 44.5 Å². The van der Waals surface area contributed by atoms with Gasteiger partial charge in [0.25, 0.3) is 0 Å². The van der Waals surface area contributed by atoms with Crippen LogP contribution in [0.5, 0.6) is 0 Å². The molecule has 2 aliphatic rings. The third-order valence-electron chi connectivity index (χ3n) is 12.4. The zero-order chi connectivity index (χ0) is 38.4. The minimum Gasteiger partial charge on any atom is -0.403 e. The first kappa shape index (κ1) is 33.6. The van der Waals surface area contributed by atoms with Crippen LogP contribution in [0.15, 0.2) is 182 Å². The Balaban J connectivity index is 1.18. The van der Waals surface area contributed by atoms with Gasteiger partial charge in [-0.15, -0.1) is 11.3 Å². The van der Waals surface area contributed by atoms with Gasteiger partial charge in [-0.05, 0) is 116 Å². The number of nitrogens with zero attached hydrogens (tertiary/aromatic N) is 1. The molecule has 0 atom stereocenters. The van der Waals surface area contributed by atoms with E-state index in [4.69, 9.17) is 5.73 Å². The molecule has 57 heavy (non-hydrogen) atoms. The Bertz CT molecular complexity index is 3190. The topological polar surface area (TPSA) is 29.3 Å². The van der Waals surface area contributed by atoms with Crippen LogP contribution in [0.2, 0.25) is 0 Å². The molecule has 272 valence electrons. The van der Waals surface area contributed by atoms with Crippen LogP contribution >= 0.6 is 11.3 Å². The maximum Gasteiger partial charge on any atom is 0.0691 e. The summed E-state index contributed by atoms with van der Waals surface area (Å²) in [6.45, 7) is 6.84. The average Bonchev–Trinajstić information content (AvgIpc) is 3.74. The molecule has 0 unspecified atom stereocenters. The Morgan fingerprint density at radius 3 is 1.98 bits per heavy atom. The summed E-state index contributed by atoms with van der Waals surface area (Å²) < 4.78 is 2.60. The van der Waals surface area contributed by atoms with Gasteiger partial charge in [0.2, 0.25) is 0 Å². The molecule has 9 aromatic rings. The fraction of sp³-hybridized carbons (Fsp3) is 0.0741. The van der Waals surface area contributed by atoms with Gasteiger partial charge in [-0.3, -0.25) is 0 Å². The molecule has 1 aromatic heterocycles. The van der Waals surface area contributed by atoms with Gasteiger partial charge in [0.1, 0.15) is 0 Å². The number of benzene rings is 8. The van der Waals surface area contributed by atoms with E-state index < -0.39 is 0 Å². The summed E-state index contributed by atoms with van der Waals surface area (Å²) >= 11 is 1.86. The molecule has 0 spiro atoms. The second kappa shape index (κ2) is 12.7. The number of para-hydroxylation sites is 1. The van der Waals surface area contributed by atoms with E-state index >= 15 is 0 Å². The lowest BCUT2D eigenvalue weighted by molar-refractivity contribution is 0.660. The van der Waals surface area contributed by atoms with E-state index in [0.717, 1.165) is 33.8 Å². The highest BCUT2D eigenvalue weighted by Gasteiger charge is 2.35. The normalized spacial score (nSPS) is 15.5. The van der Waals surface area contributed by atoms with Crippen molar-refractivity contribution in [3.05, 3.63) is 198 Å². The van der Waals surface area contributed by atoms with Crippen LogP contribution in [0.4, 0.5) is 11.4 Å². The van der Waals surface area contributed by atoms with E-state index in [2.05, 4.69) is 196 Å². The van der Waals surface area contributed by atoms with Gasteiger partial charge in [0.15, 0.2) is 0 Å². The van der Waals surface area contributed by atoms with Crippen molar-refractivity contribution < 1.29 is 0 Å². The molecule has 2 nitrogen and oxygen atoms in total. The van der Waals surface area contributed by atoms with Crippen molar-refractivity contribution in [1.29, 1.82) is 0 Å². The summed E-state index contributed by atoms with van der Waals surface area (Å²) in [5.41, 5.74) is 24.5. The van der Waals surface area contributed by atoms with Crippen LogP contribution in [-0.4, -0.2) is 0 Å². The van der Waals surface area contributed by atoms with Crippen molar-refractivity contribution >= 4 is 59.2 Å². The van der Waals surface area contributed by atoms with E-state index in [1.807, 2.05) is 11.3 Å². The van der Waals surface area contributed by atoms with Gasteiger partial charge in [-0.2, -0.15) is 0 Å². The number of rotatable bonds is 3. The SMILES string of the molecule is CC=C1/C(=C\N)N(c2cc(-c3ccc4c(c3)C(C)(C)c3ccccc3-4)cc(-c3ccc4c(c3)sc3ccccc34)c2)c2ccccc2-c2cccc3cccc1c23. The zero-order valence-corrected chi connectivity index (χ0v) is 33.0. The summed E-state index contributed by atoms with van der Waals surface area (Å²) in [5.74, 6) is 0. The maximum atomic E-state index is 6.81. The molecule has 2 N–H and O–H groups in total. The van der Waals surface area contributed by atoms with Gasteiger partial charge in [-0.25, -0.2) is 0 Å². The summed E-state index contributed by atoms with van der Waals surface area (Å²) in [6, 6.07) is 60.8. The van der Waals surface area contributed by atoms with Crippen LogP contribution in [-0.2, 0) is 5.41 Å². The largest absolute Gasteiger partial charge is 0.403 e. The molecule has 11 rings (SSSR count). The second-order valence-corrected chi connectivity index (χ2v) is 16.9. The molecule has 8 aromatic carbocycles.